The third-order valence-corrected chi connectivity index (χ3v) is 4.43. The van der Waals surface area contributed by atoms with Crippen LogP contribution in [0.2, 0.25) is 5.02 Å². The van der Waals surface area contributed by atoms with Gasteiger partial charge >= 0.3 is 0 Å². The van der Waals surface area contributed by atoms with E-state index in [1.807, 2.05) is 6.07 Å². The topological polar surface area (TPSA) is 106 Å². The standard InChI is InChI=1S/C18H13ClN2O5/c19-11-6-7-12(14(8-11)21(25)26)17(23)16-15(22)9-13(20-18(16)24)10-4-2-1-3-5-10/h1-8,13,16H,9H2,(H,20,24). The van der Waals surface area contributed by atoms with Gasteiger partial charge < -0.3 is 5.32 Å². The molecule has 0 aliphatic carbocycles. The van der Waals surface area contributed by atoms with Crippen molar-refractivity contribution in [2.24, 2.45) is 5.92 Å². The number of rotatable bonds is 4. The highest BCUT2D eigenvalue weighted by atomic mass is 35.5. The molecular weight excluding hydrogens is 360 g/mol. The van der Waals surface area contributed by atoms with Gasteiger partial charge in [-0.2, -0.15) is 0 Å². The van der Waals surface area contributed by atoms with Crippen LogP contribution in [0, 0.1) is 16.0 Å². The number of nitro benzene ring substituents is 1. The first-order valence-corrected chi connectivity index (χ1v) is 8.12. The van der Waals surface area contributed by atoms with Crippen molar-refractivity contribution in [1.82, 2.24) is 5.32 Å². The van der Waals surface area contributed by atoms with Gasteiger partial charge in [-0.05, 0) is 17.7 Å². The van der Waals surface area contributed by atoms with E-state index in [4.69, 9.17) is 11.6 Å². The van der Waals surface area contributed by atoms with E-state index < -0.39 is 40.0 Å². The summed E-state index contributed by atoms with van der Waals surface area (Å²) in [6.07, 6.45) is -0.0620. The maximum absolute atomic E-state index is 12.7. The number of nitrogens with one attached hydrogen (secondary N) is 1. The van der Waals surface area contributed by atoms with Crippen LogP contribution in [0.3, 0.4) is 0 Å². The van der Waals surface area contributed by atoms with Gasteiger partial charge in [0.05, 0.1) is 16.5 Å². The lowest BCUT2D eigenvalue weighted by Gasteiger charge is -2.27. The van der Waals surface area contributed by atoms with Crippen molar-refractivity contribution >= 4 is 34.8 Å². The summed E-state index contributed by atoms with van der Waals surface area (Å²) in [4.78, 5) is 48.0. The van der Waals surface area contributed by atoms with Crippen LogP contribution < -0.4 is 5.32 Å². The van der Waals surface area contributed by atoms with Crippen molar-refractivity contribution < 1.29 is 19.3 Å². The summed E-state index contributed by atoms with van der Waals surface area (Å²) >= 11 is 5.73. The van der Waals surface area contributed by atoms with E-state index in [-0.39, 0.29) is 17.0 Å². The van der Waals surface area contributed by atoms with E-state index in [9.17, 15) is 24.5 Å². The minimum atomic E-state index is -1.60. The minimum absolute atomic E-state index is 0.0620. The minimum Gasteiger partial charge on any atom is -0.348 e. The molecule has 2 aromatic carbocycles. The van der Waals surface area contributed by atoms with Crippen LogP contribution in [-0.4, -0.2) is 22.4 Å². The fourth-order valence-electron chi connectivity index (χ4n) is 2.94. The first kappa shape index (κ1) is 17.8. The van der Waals surface area contributed by atoms with Crippen LogP contribution in [0.5, 0.6) is 0 Å². The highest BCUT2D eigenvalue weighted by molar-refractivity contribution is 6.31. The van der Waals surface area contributed by atoms with Crippen molar-refractivity contribution in [3.05, 3.63) is 74.8 Å². The van der Waals surface area contributed by atoms with E-state index in [0.29, 0.717) is 0 Å². The Morgan fingerprint density at radius 3 is 2.46 bits per heavy atom. The van der Waals surface area contributed by atoms with Crippen molar-refractivity contribution in [1.29, 1.82) is 0 Å². The first-order valence-electron chi connectivity index (χ1n) is 7.74. The smallest absolute Gasteiger partial charge is 0.281 e. The normalized spacial score (nSPS) is 19.7. The fraction of sp³-hybridized carbons (Fsp3) is 0.167. The van der Waals surface area contributed by atoms with Gasteiger partial charge in [0.25, 0.3) is 5.69 Å². The molecule has 1 N–H and O–H groups in total. The average molecular weight is 373 g/mol. The number of carbonyl (C=O) groups excluding carboxylic acids is 3. The van der Waals surface area contributed by atoms with Gasteiger partial charge in [0.2, 0.25) is 5.91 Å². The third-order valence-electron chi connectivity index (χ3n) is 4.19. The number of Topliss-reactive ketones (excluding diaryl/α,β-unsaturated/α-hetero) is 2. The molecule has 1 aliphatic rings. The van der Waals surface area contributed by atoms with Gasteiger partial charge in [-0.15, -0.1) is 0 Å². The summed E-state index contributed by atoms with van der Waals surface area (Å²) in [6.45, 7) is 0. The molecule has 1 aliphatic heterocycles. The summed E-state index contributed by atoms with van der Waals surface area (Å²) in [7, 11) is 0. The molecule has 3 rings (SSSR count). The SMILES string of the molecule is O=C1CC(c2ccccc2)NC(=O)C1C(=O)c1ccc(Cl)cc1[N+](=O)[O-]. The molecule has 2 aromatic rings. The Kier molecular flexibility index (Phi) is 4.81. The van der Waals surface area contributed by atoms with E-state index >= 15 is 0 Å². The Morgan fingerprint density at radius 1 is 1.15 bits per heavy atom. The second kappa shape index (κ2) is 7.05. The number of ketones is 2. The van der Waals surface area contributed by atoms with Crippen LogP contribution >= 0.6 is 11.6 Å². The molecule has 26 heavy (non-hydrogen) atoms. The summed E-state index contributed by atoms with van der Waals surface area (Å²) < 4.78 is 0. The second-order valence-corrected chi connectivity index (χ2v) is 6.29. The number of hydrogen-bond acceptors (Lipinski definition) is 5. The number of nitrogens with zero attached hydrogens (tertiary/aromatic N) is 1. The number of carbonyl (C=O) groups is 3. The van der Waals surface area contributed by atoms with Crippen LogP contribution in [0.1, 0.15) is 28.4 Å². The van der Waals surface area contributed by atoms with Gasteiger partial charge in [0.1, 0.15) is 0 Å². The van der Waals surface area contributed by atoms with Crippen molar-refractivity contribution in [2.75, 3.05) is 0 Å². The Balaban J connectivity index is 1.89. The maximum atomic E-state index is 12.7. The van der Waals surface area contributed by atoms with E-state index in [2.05, 4.69) is 5.32 Å². The molecular formula is C18H13ClN2O5. The maximum Gasteiger partial charge on any atom is 0.281 e. The number of amides is 1. The van der Waals surface area contributed by atoms with E-state index in [1.54, 1.807) is 24.3 Å². The molecule has 0 spiro atoms. The number of nitro groups is 1. The predicted molar refractivity (Wildman–Crippen MR) is 92.9 cm³/mol. The lowest BCUT2D eigenvalue weighted by Crippen LogP contribution is -2.48. The summed E-state index contributed by atoms with van der Waals surface area (Å²) in [5.74, 6) is -3.83. The summed E-state index contributed by atoms with van der Waals surface area (Å²) in [6, 6.07) is 11.9. The molecule has 7 nitrogen and oxygen atoms in total. The van der Waals surface area contributed by atoms with Gasteiger partial charge in [-0.1, -0.05) is 41.9 Å². The molecule has 1 heterocycles. The van der Waals surface area contributed by atoms with Gasteiger partial charge in [-0.25, -0.2) is 0 Å². The molecule has 132 valence electrons. The van der Waals surface area contributed by atoms with Crippen LogP contribution in [0.15, 0.2) is 48.5 Å². The molecule has 2 atom stereocenters. The Bertz CT molecular complexity index is 895. The monoisotopic (exact) mass is 372 g/mol. The molecule has 0 saturated carbocycles. The third kappa shape index (κ3) is 3.34. The fourth-order valence-corrected chi connectivity index (χ4v) is 3.11. The Hall–Kier alpha value is -3.06. The quantitative estimate of drug-likeness (QED) is 0.384. The van der Waals surface area contributed by atoms with Crippen LogP contribution in [0.4, 0.5) is 5.69 Å². The second-order valence-electron chi connectivity index (χ2n) is 5.86. The highest BCUT2D eigenvalue weighted by Crippen LogP contribution is 2.30. The number of halogens is 1. The van der Waals surface area contributed by atoms with Gasteiger partial charge in [0.15, 0.2) is 17.5 Å². The zero-order valence-electron chi connectivity index (χ0n) is 13.3. The Labute approximate surface area is 153 Å². The molecule has 2 unspecified atom stereocenters. The Morgan fingerprint density at radius 2 is 1.85 bits per heavy atom. The van der Waals surface area contributed by atoms with E-state index in [0.717, 1.165) is 17.7 Å². The average Bonchev–Trinajstić information content (AvgIpc) is 2.61. The first-order chi connectivity index (χ1) is 12.4. The number of hydrogen-bond donors (Lipinski definition) is 1. The molecule has 1 saturated heterocycles. The molecule has 0 bridgehead atoms. The largest absolute Gasteiger partial charge is 0.348 e. The molecule has 0 aromatic heterocycles. The van der Waals surface area contributed by atoms with Gasteiger partial charge in [0, 0.05) is 17.5 Å². The van der Waals surface area contributed by atoms with Crippen LogP contribution in [0.25, 0.3) is 0 Å². The molecule has 1 amide bonds. The number of piperidine rings is 1. The van der Waals surface area contributed by atoms with Crippen molar-refractivity contribution in [3.63, 3.8) is 0 Å². The predicted octanol–water partition coefficient (Wildman–Crippen LogP) is 2.88. The summed E-state index contributed by atoms with van der Waals surface area (Å²) in [5, 5.41) is 13.9. The van der Waals surface area contributed by atoms with Gasteiger partial charge in [-0.3, -0.25) is 24.5 Å². The summed E-state index contributed by atoms with van der Waals surface area (Å²) in [5.41, 5.74) is -0.100. The van der Waals surface area contributed by atoms with Crippen LogP contribution in [-0.2, 0) is 9.59 Å². The van der Waals surface area contributed by atoms with Crippen molar-refractivity contribution in [3.8, 4) is 0 Å². The number of benzene rings is 2. The zero-order chi connectivity index (χ0) is 18.8. The molecule has 8 heteroatoms. The lowest BCUT2D eigenvalue weighted by atomic mass is 9.84. The molecule has 0 radical (unpaired) electrons. The zero-order valence-corrected chi connectivity index (χ0v) is 14.1. The molecule has 1 fully saturated rings. The van der Waals surface area contributed by atoms with Crippen molar-refractivity contribution in [2.45, 2.75) is 12.5 Å². The highest BCUT2D eigenvalue weighted by Gasteiger charge is 2.42. The van der Waals surface area contributed by atoms with E-state index in [1.165, 1.54) is 6.07 Å². The lowest BCUT2D eigenvalue weighted by molar-refractivity contribution is -0.385.